The second kappa shape index (κ2) is 15.3. The van der Waals surface area contributed by atoms with Crippen LogP contribution in [-0.4, -0.2) is 74.5 Å². The number of amides is 1. The molecule has 0 radical (unpaired) electrons. The Labute approximate surface area is 288 Å². The number of fused-ring (bicyclic) bond motifs is 1. The first-order valence-corrected chi connectivity index (χ1v) is 17.5. The number of nitrogens with zero attached hydrogens (tertiary/aromatic N) is 5. The summed E-state index contributed by atoms with van der Waals surface area (Å²) >= 11 is 0. The van der Waals surface area contributed by atoms with E-state index in [2.05, 4.69) is 105 Å². The normalized spacial score (nSPS) is 15.2. The molecule has 8 nitrogen and oxygen atoms in total. The molecule has 2 aromatic heterocycles. The fraction of sp³-hybridized carbons (Fsp3) is 0.293. The number of benzene rings is 4. The summed E-state index contributed by atoms with van der Waals surface area (Å²) in [5.74, 6) is 2.15. The number of piperidine rings is 1. The maximum atomic E-state index is 13.2. The van der Waals surface area contributed by atoms with Crippen LogP contribution in [0.5, 0.6) is 0 Å². The van der Waals surface area contributed by atoms with Crippen molar-refractivity contribution in [3.8, 4) is 0 Å². The summed E-state index contributed by atoms with van der Waals surface area (Å²) in [5.41, 5.74) is 5.35. The Morgan fingerprint density at radius 3 is 2.29 bits per heavy atom. The summed E-state index contributed by atoms with van der Waals surface area (Å²) in [6.07, 6.45) is 7.60. The number of likely N-dealkylation sites (tertiary alicyclic amines) is 1. The molecule has 0 bridgehead atoms. The largest absolute Gasteiger partial charge is 0.353 e. The van der Waals surface area contributed by atoms with Crippen molar-refractivity contribution < 1.29 is 4.79 Å². The van der Waals surface area contributed by atoms with Gasteiger partial charge in [-0.05, 0) is 61.2 Å². The lowest BCUT2D eigenvalue weighted by Crippen LogP contribution is -2.41. The van der Waals surface area contributed by atoms with E-state index in [4.69, 9.17) is 9.97 Å². The monoisotopic (exact) mass is 651 g/mol. The van der Waals surface area contributed by atoms with Crippen molar-refractivity contribution in [2.75, 3.05) is 38.5 Å². The van der Waals surface area contributed by atoms with E-state index in [1.54, 1.807) is 0 Å². The quantitative estimate of drug-likeness (QED) is 0.136. The van der Waals surface area contributed by atoms with Gasteiger partial charge in [-0.25, -0.2) is 9.97 Å². The van der Waals surface area contributed by atoms with Gasteiger partial charge in [-0.1, -0.05) is 91.0 Å². The fourth-order valence-electron chi connectivity index (χ4n) is 7.19. The van der Waals surface area contributed by atoms with Crippen LogP contribution in [0.4, 0.5) is 5.95 Å². The standard InChI is InChI=1S/C41H45N7O/c1-46(40(49)33-17-9-4-10-18-33)30-34(32-15-7-3-8-16-32)21-26-47-27-22-35(23-28-47)44-41-45-36-19-11-12-20-37(36)48(41)38(39-42-24-25-43-39)29-31-13-5-2-6-14-31/h2-20,24-25,34-35,38H,21-23,26-30H2,1H3,(H,42,43)(H,44,45). The van der Waals surface area contributed by atoms with Gasteiger partial charge in [0.15, 0.2) is 0 Å². The number of likely N-dealkylation sites (N-methyl/N-ethyl adjacent to an activating group) is 1. The van der Waals surface area contributed by atoms with E-state index in [0.29, 0.717) is 12.6 Å². The number of carbonyl (C=O) groups is 1. The van der Waals surface area contributed by atoms with E-state index in [1.165, 1.54) is 11.1 Å². The second-order valence-corrected chi connectivity index (χ2v) is 13.2. The van der Waals surface area contributed by atoms with Gasteiger partial charge in [0.2, 0.25) is 5.95 Å². The first-order valence-electron chi connectivity index (χ1n) is 17.5. The molecule has 7 rings (SSSR count). The number of H-pyrrole nitrogens is 1. The van der Waals surface area contributed by atoms with Crippen molar-refractivity contribution in [1.82, 2.24) is 29.3 Å². The maximum Gasteiger partial charge on any atom is 0.253 e. The molecule has 4 aromatic carbocycles. The molecule has 1 fully saturated rings. The van der Waals surface area contributed by atoms with Gasteiger partial charge >= 0.3 is 0 Å². The Hall–Kier alpha value is -5.21. The first kappa shape index (κ1) is 32.3. The number of aromatic amines is 1. The number of anilines is 1. The molecule has 6 aromatic rings. The Kier molecular flexibility index (Phi) is 10.1. The number of nitrogens with one attached hydrogen (secondary N) is 2. The SMILES string of the molecule is CN(CC(CCN1CCC(Nc2nc3ccccc3n2C(Cc2ccccc2)c2ncc[nH]2)CC1)c1ccccc1)C(=O)c1ccccc1. The smallest absolute Gasteiger partial charge is 0.253 e. The zero-order valence-electron chi connectivity index (χ0n) is 28.2. The molecular formula is C41H45N7O. The van der Waals surface area contributed by atoms with Crippen molar-refractivity contribution >= 4 is 22.9 Å². The second-order valence-electron chi connectivity index (χ2n) is 13.2. The highest BCUT2D eigenvalue weighted by molar-refractivity contribution is 5.94. The summed E-state index contributed by atoms with van der Waals surface area (Å²) in [4.78, 5) is 30.9. The van der Waals surface area contributed by atoms with Gasteiger partial charge < -0.3 is 20.1 Å². The van der Waals surface area contributed by atoms with E-state index >= 15 is 0 Å². The van der Waals surface area contributed by atoms with Crippen LogP contribution >= 0.6 is 0 Å². The predicted octanol–water partition coefficient (Wildman–Crippen LogP) is 7.41. The molecule has 0 spiro atoms. The summed E-state index contributed by atoms with van der Waals surface area (Å²) < 4.78 is 2.34. The fourth-order valence-corrected chi connectivity index (χ4v) is 7.19. The highest BCUT2D eigenvalue weighted by atomic mass is 16.2. The zero-order valence-corrected chi connectivity index (χ0v) is 28.2. The molecule has 1 aliphatic rings. The number of para-hydroxylation sites is 2. The first-order chi connectivity index (χ1) is 24.1. The van der Waals surface area contributed by atoms with Crippen LogP contribution < -0.4 is 5.32 Å². The van der Waals surface area contributed by atoms with Crippen LogP contribution in [0.3, 0.4) is 0 Å². The summed E-state index contributed by atoms with van der Waals surface area (Å²) in [6.45, 7) is 3.72. The lowest BCUT2D eigenvalue weighted by Gasteiger charge is -2.34. The molecule has 250 valence electrons. The molecule has 2 atom stereocenters. The molecule has 0 aliphatic carbocycles. The number of hydrogen-bond acceptors (Lipinski definition) is 5. The number of rotatable bonds is 13. The summed E-state index contributed by atoms with van der Waals surface area (Å²) in [7, 11) is 1.92. The number of imidazole rings is 2. The van der Waals surface area contributed by atoms with Crippen molar-refractivity contribution in [2.24, 2.45) is 0 Å². The van der Waals surface area contributed by atoms with Crippen LogP contribution in [0.2, 0.25) is 0 Å². The Balaban J connectivity index is 1.02. The number of carbonyl (C=O) groups excluding carboxylic acids is 1. The minimum Gasteiger partial charge on any atom is -0.353 e. The lowest BCUT2D eigenvalue weighted by atomic mass is 9.94. The van der Waals surface area contributed by atoms with Gasteiger partial charge in [0, 0.05) is 63.0 Å². The van der Waals surface area contributed by atoms with Gasteiger partial charge in [0.1, 0.15) is 5.82 Å². The van der Waals surface area contributed by atoms with Crippen molar-refractivity contribution in [3.63, 3.8) is 0 Å². The van der Waals surface area contributed by atoms with Crippen molar-refractivity contribution in [1.29, 1.82) is 0 Å². The Morgan fingerprint density at radius 2 is 1.57 bits per heavy atom. The minimum atomic E-state index is -0.0331. The van der Waals surface area contributed by atoms with E-state index in [1.807, 2.05) is 54.7 Å². The van der Waals surface area contributed by atoms with Crippen LogP contribution in [0, 0.1) is 0 Å². The lowest BCUT2D eigenvalue weighted by molar-refractivity contribution is 0.0782. The Bertz CT molecular complexity index is 1900. The summed E-state index contributed by atoms with van der Waals surface area (Å²) in [6, 6.07) is 39.5. The van der Waals surface area contributed by atoms with Crippen LogP contribution in [-0.2, 0) is 6.42 Å². The molecule has 8 heteroatoms. The number of hydrogen-bond donors (Lipinski definition) is 2. The van der Waals surface area contributed by atoms with Crippen molar-refractivity contribution in [2.45, 2.75) is 43.7 Å². The molecule has 3 heterocycles. The van der Waals surface area contributed by atoms with Gasteiger partial charge in [0.25, 0.3) is 5.91 Å². The van der Waals surface area contributed by atoms with Crippen LogP contribution in [0.25, 0.3) is 11.0 Å². The maximum absolute atomic E-state index is 13.2. The molecular weight excluding hydrogens is 606 g/mol. The van der Waals surface area contributed by atoms with Gasteiger partial charge in [-0.3, -0.25) is 9.36 Å². The average molecular weight is 652 g/mol. The van der Waals surface area contributed by atoms with Gasteiger partial charge in [0.05, 0.1) is 17.1 Å². The third-order valence-corrected chi connectivity index (χ3v) is 9.86. The minimum absolute atomic E-state index is 0.0331. The molecule has 2 N–H and O–H groups in total. The zero-order chi connectivity index (χ0) is 33.4. The third-order valence-electron chi connectivity index (χ3n) is 9.86. The topological polar surface area (TPSA) is 82.1 Å². The third kappa shape index (κ3) is 7.76. The van der Waals surface area contributed by atoms with Crippen LogP contribution in [0.15, 0.2) is 128 Å². The molecule has 49 heavy (non-hydrogen) atoms. The van der Waals surface area contributed by atoms with E-state index in [-0.39, 0.29) is 17.9 Å². The molecule has 1 amide bonds. The molecule has 0 saturated carbocycles. The molecule has 2 unspecified atom stereocenters. The number of aromatic nitrogens is 4. The Morgan fingerprint density at radius 1 is 0.898 bits per heavy atom. The highest BCUT2D eigenvalue weighted by Crippen LogP contribution is 2.31. The van der Waals surface area contributed by atoms with Gasteiger partial charge in [-0.15, -0.1) is 0 Å². The molecule has 1 saturated heterocycles. The predicted molar refractivity (Wildman–Crippen MR) is 197 cm³/mol. The van der Waals surface area contributed by atoms with E-state index < -0.39 is 0 Å². The van der Waals surface area contributed by atoms with E-state index in [9.17, 15) is 4.79 Å². The highest BCUT2D eigenvalue weighted by Gasteiger charge is 2.27. The average Bonchev–Trinajstić information content (AvgIpc) is 3.82. The molecule has 1 aliphatic heterocycles. The van der Waals surface area contributed by atoms with Gasteiger partial charge in [-0.2, -0.15) is 0 Å². The summed E-state index contributed by atoms with van der Waals surface area (Å²) in [5, 5.41) is 3.87. The van der Waals surface area contributed by atoms with Crippen molar-refractivity contribution in [3.05, 3.63) is 150 Å². The van der Waals surface area contributed by atoms with Crippen LogP contribution in [0.1, 0.15) is 58.5 Å². The van der Waals surface area contributed by atoms with E-state index in [0.717, 1.165) is 73.7 Å².